The van der Waals surface area contributed by atoms with E-state index in [1.807, 2.05) is 37.3 Å². The highest BCUT2D eigenvalue weighted by Gasteiger charge is 2.21. The van der Waals surface area contributed by atoms with E-state index in [-0.39, 0.29) is 30.4 Å². The molecule has 1 aliphatic carbocycles. The topological polar surface area (TPSA) is 55.4 Å². The monoisotopic (exact) mass is 365 g/mol. The normalized spacial score (nSPS) is 18.5. The molecular weight excluding hydrogens is 346 g/mol. The van der Waals surface area contributed by atoms with Crippen LogP contribution in [-0.4, -0.2) is 18.5 Å². The molecule has 118 valence electrons. The number of carbonyl (C=O) groups is 2. The van der Waals surface area contributed by atoms with Crippen molar-refractivity contribution in [2.24, 2.45) is 5.92 Å². The van der Waals surface area contributed by atoms with Crippen LogP contribution in [0.5, 0.6) is 0 Å². The molecule has 0 saturated heterocycles. The quantitative estimate of drug-likeness (QED) is 0.641. The van der Waals surface area contributed by atoms with Crippen LogP contribution in [0.1, 0.15) is 37.8 Å². The maximum absolute atomic E-state index is 11.9. The predicted octanol–water partition coefficient (Wildman–Crippen LogP) is 3.53. The molecule has 0 aromatic heterocycles. The molecule has 1 aliphatic rings. The third-order valence-electron chi connectivity index (χ3n) is 3.70. The Morgan fingerprint density at radius 3 is 2.68 bits per heavy atom. The summed E-state index contributed by atoms with van der Waals surface area (Å²) in [7, 11) is 0. The number of allylic oxidation sites excluding steroid dienone is 2. The Morgan fingerprint density at radius 2 is 2.05 bits per heavy atom. The summed E-state index contributed by atoms with van der Waals surface area (Å²) >= 11 is 3.37. The minimum Gasteiger partial charge on any atom is -0.455 e. The van der Waals surface area contributed by atoms with Crippen molar-refractivity contribution < 1.29 is 14.3 Å². The van der Waals surface area contributed by atoms with Gasteiger partial charge in [0.15, 0.2) is 6.61 Å². The molecule has 4 nitrogen and oxygen atoms in total. The first kappa shape index (κ1) is 16.7. The van der Waals surface area contributed by atoms with Gasteiger partial charge in [-0.05, 0) is 43.9 Å². The summed E-state index contributed by atoms with van der Waals surface area (Å²) < 4.78 is 6.10. The fourth-order valence-electron chi connectivity index (χ4n) is 2.38. The number of hydrogen-bond acceptors (Lipinski definition) is 3. The Hall–Kier alpha value is -1.62. The number of esters is 1. The third-order valence-corrected chi connectivity index (χ3v) is 4.22. The second kappa shape index (κ2) is 8.13. The van der Waals surface area contributed by atoms with Gasteiger partial charge in [0.05, 0.1) is 12.0 Å². The Kier molecular flexibility index (Phi) is 6.19. The predicted molar refractivity (Wildman–Crippen MR) is 88.1 cm³/mol. The number of hydrogen-bond donors (Lipinski definition) is 1. The number of carbonyl (C=O) groups excluding carboxylic acids is 2. The van der Waals surface area contributed by atoms with E-state index in [0.29, 0.717) is 6.42 Å². The van der Waals surface area contributed by atoms with E-state index in [2.05, 4.69) is 27.3 Å². The highest BCUT2D eigenvalue weighted by molar-refractivity contribution is 9.10. The number of ether oxygens (including phenoxy) is 1. The van der Waals surface area contributed by atoms with Gasteiger partial charge in [0, 0.05) is 4.47 Å². The molecule has 1 amide bonds. The molecule has 1 N–H and O–H groups in total. The molecule has 0 bridgehead atoms. The van der Waals surface area contributed by atoms with Crippen LogP contribution in [-0.2, 0) is 14.3 Å². The molecule has 0 unspecified atom stereocenters. The summed E-state index contributed by atoms with van der Waals surface area (Å²) in [5, 5.41) is 2.83. The van der Waals surface area contributed by atoms with Gasteiger partial charge < -0.3 is 10.1 Å². The van der Waals surface area contributed by atoms with Gasteiger partial charge in [0.2, 0.25) is 0 Å². The second-order valence-electron chi connectivity index (χ2n) is 5.43. The van der Waals surface area contributed by atoms with E-state index in [1.54, 1.807) is 0 Å². The average Bonchev–Trinajstić information content (AvgIpc) is 2.54. The maximum Gasteiger partial charge on any atom is 0.309 e. The van der Waals surface area contributed by atoms with Crippen LogP contribution in [0.3, 0.4) is 0 Å². The Morgan fingerprint density at radius 1 is 1.32 bits per heavy atom. The fourth-order valence-corrected chi connectivity index (χ4v) is 2.64. The molecule has 0 radical (unpaired) electrons. The zero-order valence-corrected chi connectivity index (χ0v) is 14.1. The van der Waals surface area contributed by atoms with Gasteiger partial charge in [-0.1, -0.05) is 40.2 Å². The molecule has 1 aromatic carbocycles. The number of nitrogens with one attached hydrogen (secondary N) is 1. The molecule has 0 fully saturated rings. The van der Waals surface area contributed by atoms with E-state index < -0.39 is 0 Å². The molecule has 5 heteroatoms. The lowest BCUT2D eigenvalue weighted by atomic mass is 9.95. The van der Waals surface area contributed by atoms with Crippen LogP contribution in [0.4, 0.5) is 0 Å². The van der Waals surface area contributed by atoms with Crippen molar-refractivity contribution in [3.8, 4) is 0 Å². The van der Waals surface area contributed by atoms with Crippen LogP contribution >= 0.6 is 15.9 Å². The van der Waals surface area contributed by atoms with Crippen LogP contribution in [0.15, 0.2) is 40.9 Å². The molecule has 1 aromatic rings. The molecule has 22 heavy (non-hydrogen) atoms. The fraction of sp³-hybridized carbons (Fsp3) is 0.412. The Labute approximate surface area is 139 Å². The summed E-state index contributed by atoms with van der Waals surface area (Å²) in [6, 6.07) is 7.60. The minimum absolute atomic E-state index is 0.110. The minimum atomic E-state index is -0.282. The van der Waals surface area contributed by atoms with Gasteiger partial charge in [-0.25, -0.2) is 0 Å². The smallest absolute Gasteiger partial charge is 0.309 e. The summed E-state index contributed by atoms with van der Waals surface area (Å²) in [6.45, 7) is 1.68. The van der Waals surface area contributed by atoms with Gasteiger partial charge in [-0.15, -0.1) is 0 Å². The first-order valence-corrected chi connectivity index (χ1v) is 8.22. The Bertz CT molecular complexity index is 554. The van der Waals surface area contributed by atoms with Gasteiger partial charge in [0.1, 0.15) is 0 Å². The maximum atomic E-state index is 11.9. The lowest BCUT2D eigenvalue weighted by Gasteiger charge is -2.17. The highest BCUT2D eigenvalue weighted by Crippen LogP contribution is 2.19. The third kappa shape index (κ3) is 4.98. The van der Waals surface area contributed by atoms with Crippen LogP contribution in [0, 0.1) is 5.92 Å². The van der Waals surface area contributed by atoms with Crippen LogP contribution in [0.25, 0.3) is 0 Å². The van der Waals surface area contributed by atoms with Crippen molar-refractivity contribution in [3.63, 3.8) is 0 Å². The molecule has 2 atom stereocenters. The zero-order valence-electron chi connectivity index (χ0n) is 12.5. The van der Waals surface area contributed by atoms with Gasteiger partial charge in [0.25, 0.3) is 5.91 Å². The molecule has 0 aliphatic heterocycles. The first-order chi connectivity index (χ1) is 10.6. The van der Waals surface area contributed by atoms with Crippen molar-refractivity contribution in [2.75, 3.05) is 6.61 Å². The van der Waals surface area contributed by atoms with Crippen LogP contribution in [0.2, 0.25) is 0 Å². The first-order valence-electron chi connectivity index (χ1n) is 7.42. The van der Waals surface area contributed by atoms with Gasteiger partial charge in [-0.3, -0.25) is 9.59 Å². The van der Waals surface area contributed by atoms with Crippen molar-refractivity contribution >= 4 is 27.8 Å². The lowest BCUT2D eigenvalue weighted by Crippen LogP contribution is -2.32. The SMILES string of the molecule is C[C@H](NC(=O)COC(=O)[C@H]1CC=CCC1)c1ccc(Br)cc1. The molecular formula is C17H20BrNO3. The van der Waals surface area contributed by atoms with E-state index in [1.165, 1.54) is 0 Å². The van der Waals surface area contributed by atoms with Crippen molar-refractivity contribution in [1.29, 1.82) is 0 Å². The van der Waals surface area contributed by atoms with Crippen molar-refractivity contribution in [2.45, 2.75) is 32.2 Å². The number of halogens is 1. The van der Waals surface area contributed by atoms with E-state index in [9.17, 15) is 9.59 Å². The second-order valence-corrected chi connectivity index (χ2v) is 6.35. The molecule has 0 saturated carbocycles. The van der Waals surface area contributed by atoms with Crippen molar-refractivity contribution in [1.82, 2.24) is 5.32 Å². The zero-order chi connectivity index (χ0) is 15.9. The summed E-state index contributed by atoms with van der Waals surface area (Å²) in [5.41, 5.74) is 1.00. The van der Waals surface area contributed by atoms with E-state index in [0.717, 1.165) is 22.9 Å². The number of amides is 1. The summed E-state index contributed by atoms with van der Waals surface area (Å²) in [6.07, 6.45) is 6.45. The molecule has 2 rings (SSSR count). The number of rotatable bonds is 5. The van der Waals surface area contributed by atoms with E-state index >= 15 is 0 Å². The van der Waals surface area contributed by atoms with Crippen LogP contribution < -0.4 is 5.32 Å². The largest absolute Gasteiger partial charge is 0.455 e. The average molecular weight is 366 g/mol. The lowest BCUT2D eigenvalue weighted by molar-refractivity contribution is -0.153. The van der Waals surface area contributed by atoms with Crippen molar-refractivity contribution in [3.05, 3.63) is 46.5 Å². The molecule has 0 spiro atoms. The summed E-state index contributed by atoms with van der Waals surface area (Å²) in [4.78, 5) is 23.7. The standard InChI is InChI=1S/C17H20BrNO3/c1-12(13-7-9-15(18)10-8-13)19-16(20)11-22-17(21)14-5-3-2-4-6-14/h2-3,7-10,12,14H,4-6,11H2,1H3,(H,19,20)/t12-,14-/m0/s1. The number of benzene rings is 1. The molecule has 0 heterocycles. The van der Waals surface area contributed by atoms with Gasteiger partial charge >= 0.3 is 5.97 Å². The van der Waals surface area contributed by atoms with E-state index in [4.69, 9.17) is 4.74 Å². The summed E-state index contributed by atoms with van der Waals surface area (Å²) in [5.74, 6) is -0.674. The highest BCUT2D eigenvalue weighted by atomic mass is 79.9. The van der Waals surface area contributed by atoms with Gasteiger partial charge in [-0.2, -0.15) is 0 Å². The Balaban J connectivity index is 1.76.